The van der Waals surface area contributed by atoms with Gasteiger partial charge in [-0.2, -0.15) is 0 Å². The fourth-order valence-corrected chi connectivity index (χ4v) is 3.49. The van der Waals surface area contributed by atoms with Crippen LogP contribution in [0.3, 0.4) is 0 Å². The molecule has 0 fully saturated rings. The minimum atomic E-state index is 0.274. The molecule has 3 aromatic rings. The molecule has 3 nitrogen and oxygen atoms in total. The van der Waals surface area contributed by atoms with Crippen LogP contribution in [0.25, 0.3) is 11.0 Å². The number of fused-ring (bicyclic) bond motifs is 2. The van der Waals surface area contributed by atoms with Crippen molar-refractivity contribution >= 4 is 27.0 Å². The third-order valence-electron chi connectivity index (χ3n) is 4.27. The molecule has 2 heterocycles. The lowest BCUT2D eigenvalue weighted by atomic mass is 9.95. The third kappa shape index (κ3) is 2.19. The normalized spacial score (nSPS) is 17.9. The minimum absolute atomic E-state index is 0.274. The fourth-order valence-electron chi connectivity index (χ4n) is 3.14. The lowest BCUT2D eigenvalue weighted by molar-refractivity contribution is 0.467. The molecule has 1 aliphatic heterocycles. The summed E-state index contributed by atoms with van der Waals surface area (Å²) in [6.45, 7) is 0.910. The van der Waals surface area contributed by atoms with Crippen molar-refractivity contribution < 1.29 is 0 Å². The number of benzene rings is 2. The summed E-state index contributed by atoms with van der Waals surface area (Å²) in [5, 5.41) is 3.61. The van der Waals surface area contributed by atoms with Gasteiger partial charge in [0, 0.05) is 18.1 Å². The largest absolute Gasteiger partial charge is 0.330 e. The zero-order valence-electron chi connectivity index (χ0n) is 11.8. The second-order valence-electron chi connectivity index (χ2n) is 5.57. The van der Waals surface area contributed by atoms with Crippen LogP contribution in [0.15, 0.2) is 46.9 Å². The number of hydrogen-bond donors (Lipinski definition) is 1. The average molecular weight is 342 g/mol. The molecule has 4 heteroatoms. The van der Waals surface area contributed by atoms with E-state index < -0.39 is 0 Å². The molecular formula is C17H16BrN3. The molecule has 2 aromatic carbocycles. The first kappa shape index (κ1) is 13.0. The number of aryl methyl sites for hydroxylation is 1. The van der Waals surface area contributed by atoms with E-state index in [0.29, 0.717) is 0 Å². The highest BCUT2D eigenvalue weighted by atomic mass is 79.9. The molecule has 1 N–H and O–H groups in total. The van der Waals surface area contributed by atoms with Crippen molar-refractivity contribution in [3.8, 4) is 0 Å². The molecule has 0 amide bonds. The standard InChI is InChI=1S/C17H16BrN3/c1-21-16-7-6-13(18)9-14(16)20-17(21)15-8-11-4-2-3-5-12(11)10-19-15/h2-7,9,15,19H,8,10H2,1H3. The molecule has 0 bridgehead atoms. The van der Waals surface area contributed by atoms with E-state index in [-0.39, 0.29) is 6.04 Å². The molecule has 4 rings (SSSR count). The van der Waals surface area contributed by atoms with Gasteiger partial charge < -0.3 is 9.88 Å². The SMILES string of the molecule is Cn1c(C2Cc3ccccc3CN2)nc2cc(Br)ccc21. The zero-order chi connectivity index (χ0) is 14.4. The highest BCUT2D eigenvalue weighted by Crippen LogP contribution is 2.28. The van der Waals surface area contributed by atoms with Crippen LogP contribution in [0.1, 0.15) is 23.0 Å². The van der Waals surface area contributed by atoms with Crippen molar-refractivity contribution in [3.05, 3.63) is 63.9 Å². The summed E-state index contributed by atoms with van der Waals surface area (Å²) < 4.78 is 3.27. The van der Waals surface area contributed by atoms with Gasteiger partial charge in [-0.1, -0.05) is 40.2 Å². The summed E-state index contributed by atoms with van der Waals surface area (Å²) in [6, 6.07) is 15.2. The van der Waals surface area contributed by atoms with E-state index in [1.165, 1.54) is 16.6 Å². The number of hydrogen-bond acceptors (Lipinski definition) is 2. The second kappa shape index (κ2) is 4.97. The van der Waals surface area contributed by atoms with Gasteiger partial charge in [0.2, 0.25) is 0 Å². The maximum absolute atomic E-state index is 4.84. The van der Waals surface area contributed by atoms with Crippen LogP contribution in [0.4, 0.5) is 0 Å². The Hall–Kier alpha value is -1.65. The average Bonchev–Trinajstić information content (AvgIpc) is 2.83. The van der Waals surface area contributed by atoms with Gasteiger partial charge in [-0.3, -0.25) is 0 Å². The summed E-state index contributed by atoms with van der Waals surface area (Å²) >= 11 is 3.52. The number of halogens is 1. The summed E-state index contributed by atoms with van der Waals surface area (Å²) in [6.07, 6.45) is 0.995. The molecule has 0 saturated carbocycles. The van der Waals surface area contributed by atoms with E-state index in [1.54, 1.807) is 0 Å². The highest BCUT2D eigenvalue weighted by molar-refractivity contribution is 9.10. The van der Waals surface area contributed by atoms with E-state index in [1.807, 2.05) is 0 Å². The van der Waals surface area contributed by atoms with Crippen molar-refractivity contribution in [2.75, 3.05) is 0 Å². The van der Waals surface area contributed by atoms with Crippen LogP contribution in [0.5, 0.6) is 0 Å². The van der Waals surface area contributed by atoms with Crippen molar-refractivity contribution in [2.45, 2.75) is 19.0 Å². The van der Waals surface area contributed by atoms with Crippen LogP contribution < -0.4 is 5.32 Å². The molecule has 0 spiro atoms. The third-order valence-corrected chi connectivity index (χ3v) is 4.76. The molecule has 0 radical (unpaired) electrons. The van der Waals surface area contributed by atoms with Crippen molar-refractivity contribution in [2.24, 2.45) is 7.05 Å². The zero-order valence-corrected chi connectivity index (χ0v) is 13.4. The van der Waals surface area contributed by atoms with Crippen molar-refractivity contribution in [3.63, 3.8) is 0 Å². The monoisotopic (exact) mass is 341 g/mol. The Morgan fingerprint density at radius 1 is 1.19 bits per heavy atom. The maximum Gasteiger partial charge on any atom is 0.127 e. The van der Waals surface area contributed by atoms with Gasteiger partial charge in [-0.05, 0) is 35.7 Å². The Bertz CT molecular complexity index is 822. The minimum Gasteiger partial charge on any atom is -0.330 e. The molecule has 1 atom stereocenters. The topological polar surface area (TPSA) is 29.9 Å². The van der Waals surface area contributed by atoms with Gasteiger partial charge in [-0.25, -0.2) is 4.98 Å². The summed E-state index contributed by atoms with van der Waals surface area (Å²) in [5.41, 5.74) is 5.04. The lowest BCUT2D eigenvalue weighted by Crippen LogP contribution is -2.30. The number of rotatable bonds is 1. The van der Waals surface area contributed by atoms with Crippen LogP contribution >= 0.6 is 15.9 Å². The van der Waals surface area contributed by atoms with Crippen LogP contribution in [0, 0.1) is 0 Å². The van der Waals surface area contributed by atoms with E-state index in [9.17, 15) is 0 Å². The predicted molar refractivity (Wildman–Crippen MR) is 88.1 cm³/mol. The van der Waals surface area contributed by atoms with Crippen molar-refractivity contribution in [1.82, 2.24) is 14.9 Å². The molecule has 0 aliphatic carbocycles. The van der Waals surface area contributed by atoms with E-state index in [0.717, 1.165) is 28.8 Å². The van der Waals surface area contributed by atoms with E-state index in [2.05, 4.69) is 75.3 Å². The van der Waals surface area contributed by atoms with Gasteiger partial charge in [0.1, 0.15) is 5.82 Å². The molecular weight excluding hydrogens is 326 g/mol. The summed E-state index contributed by atoms with van der Waals surface area (Å²) in [4.78, 5) is 4.84. The van der Waals surface area contributed by atoms with E-state index in [4.69, 9.17) is 4.98 Å². The summed E-state index contributed by atoms with van der Waals surface area (Å²) in [5.74, 6) is 1.11. The molecule has 1 aromatic heterocycles. The summed E-state index contributed by atoms with van der Waals surface area (Å²) in [7, 11) is 2.10. The molecule has 1 unspecified atom stereocenters. The Morgan fingerprint density at radius 2 is 2.00 bits per heavy atom. The van der Waals surface area contributed by atoms with Gasteiger partial charge in [0.15, 0.2) is 0 Å². The second-order valence-corrected chi connectivity index (χ2v) is 6.48. The van der Waals surface area contributed by atoms with Crippen molar-refractivity contribution in [1.29, 1.82) is 0 Å². The number of nitrogens with one attached hydrogen (secondary N) is 1. The number of aromatic nitrogens is 2. The Kier molecular flexibility index (Phi) is 3.08. The number of nitrogens with zero attached hydrogens (tertiary/aromatic N) is 2. The van der Waals surface area contributed by atoms with Crippen LogP contribution in [-0.2, 0) is 20.0 Å². The van der Waals surface area contributed by atoms with E-state index >= 15 is 0 Å². The highest BCUT2D eigenvalue weighted by Gasteiger charge is 2.23. The smallest absolute Gasteiger partial charge is 0.127 e. The first-order valence-electron chi connectivity index (χ1n) is 7.14. The van der Waals surface area contributed by atoms with Gasteiger partial charge in [-0.15, -0.1) is 0 Å². The Balaban J connectivity index is 1.76. The fraction of sp³-hybridized carbons (Fsp3) is 0.235. The maximum atomic E-state index is 4.84. The molecule has 106 valence electrons. The molecule has 21 heavy (non-hydrogen) atoms. The predicted octanol–water partition coefficient (Wildman–Crippen LogP) is 3.72. The number of imidazole rings is 1. The Labute approximate surface area is 132 Å². The first-order valence-corrected chi connectivity index (χ1v) is 7.94. The lowest BCUT2D eigenvalue weighted by Gasteiger charge is -2.25. The quantitative estimate of drug-likeness (QED) is 0.730. The van der Waals surface area contributed by atoms with Crippen LogP contribution in [0.2, 0.25) is 0 Å². The van der Waals surface area contributed by atoms with Gasteiger partial charge in [0.25, 0.3) is 0 Å². The first-order chi connectivity index (χ1) is 10.2. The van der Waals surface area contributed by atoms with Crippen LogP contribution in [-0.4, -0.2) is 9.55 Å². The van der Waals surface area contributed by atoms with Gasteiger partial charge >= 0.3 is 0 Å². The molecule has 1 aliphatic rings. The van der Waals surface area contributed by atoms with Gasteiger partial charge in [0.05, 0.1) is 17.1 Å². The molecule has 0 saturated heterocycles. The Morgan fingerprint density at radius 3 is 2.86 bits per heavy atom.